The molecule has 0 amide bonds. The summed E-state index contributed by atoms with van der Waals surface area (Å²) in [5, 5.41) is 1.20. The number of hydrogen-bond donors (Lipinski definition) is 0. The number of nitrogens with zero attached hydrogens (tertiary/aromatic N) is 1. The fourth-order valence-corrected chi connectivity index (χ4v) is 1.48. The number of para-hydroxylation sites is 1. The van der Waals surface area contributed by atoms with Crippen molar-refractivity contribution in [2.75, 3.05) is 21.1 Å². The van der Waals surface area contributed by atoms with Gasteiger partial charge in [0.25, 0.3) is 0 Å². The fourth-order valence-electron chi connectivity index (χ4n) is 1.48. The van der Waals surface area contributed by atoms with Crippen molar-refractivity contribution in [3.8, 4) is 0 Å². The molecule has 2 aromatic rings. The van der Waals surface area contributed by atoms with Crippen LogP contribution in [0.2, 0.25) is 0 Å². The average Bonchev–Trinajstić information content (AvgIpc) is 2.45. The van der Waals surface area contributed by atoms with Crippen LogP contribution in [0.4, 0.5) is 5.69 Å². The average molecular weight is 303 g/mol. The quantitative estimate of drug-likeness (QED) is 0.518. The van der Waals surface area contributed by atoms with Crippen molar-refractivity contribution in [1.82, 2.24) is 4.48 Å². The van der Waals surface area contributed by atoms with Gasteiger partial charge >= 0.3 is 0 Å². The molecule has 1 aromatic carbocycles. The molecule has 1 heterocycles. The summed E-state index contributed by atoms with van der Waals surface area (Å²) >= 11 is 0. The highest BCUT2D eigenvalue weighted by Gasteiger charge is 2.18. The zero-order chi connectivity index (χ0) is 9.47. The van der Waals surface area contributed by atoms with E-state index in [2.05, 4.69) is 27.2 Å². The van der Waals surface area contributed by atoms with Crippen LogP contribution in [0.3, 0.4) is 0 Å². The topological polar surface area (TPSA) is 13.1 Å². The summed E-state index contributed by atoms with van der Waals surface area (Å²) in [5.41, 5.74) is 2.18. The lowest BCUT2D eigenvalue weighted by Crippen LogP contribution is -3.00. The number of quaternary nitrogens is 1. The van der Waals surface area contributed by atoms with Gasteiger partial charge in [-0.25, -0.2) is 0 Å². The standard InChI is InChI=1S/C11H14NO.HI/c1-12(2,3)10-8-13-11-7-5-4-6-9(10)11;/h4-8H,1-3H3;1H/q+1;/p-1. The Hall–Kier alpha value is -0.550. The van der Waals surface area contributed by atoms with Crippen LogP contribution >= 0.6 is 0 Å². The molecule has 0 atom stereocenters. The molecule has 0 fully saturated rings. The van der Waals surface area contributed by atoms with Gasteiger partial charge in [0.2, 0.25) is 0 Å². The SMILES string of the molecule is C[N+](C)(C)c1coc2ccccc12.[I-]. The van der Waals surface area contributed by atoms with Crippen molar-refractivity contribution in [3.05, 3.63) is 30.5 Å². The van der Waals surface area contributed by atoms with Crippen LogP contribution in [0, 0.1) is 0 Å². The summed E-state index contributed by atoms with van der Waals surface area (Å²) in [6.45, 7) is 0. The molecule has 0 bridgehead atoms. The van der Waals surface area contributed by atoms with Crippen LogP contribution in [0.1, 0.15) is 0 Å². The molecular weight excluding hydrogens is 289 g/mol. The number of furan rings is 1. The van der Waals surface area contributed by atoms with Gasteiger partial charge in [0.05, 0.1) is 26.5 Å². The molecule has 76 valence electrons. The van der Waals surface area contributed by atoms with Crippen LogP contribution in [0.25, 0.3) is 11.0 Å². The zero-order valence-electron chi connectivity index (χ0n) is 8.62. The van der Waals surface area contributed by atoms with Gasteiger partial charge in [-0.2, -0.15) is 0 Å². The van der Waals surface area contributed by atoms with E-state index in [0.717, 1.165) is 10.1 Å². The molecule has 0 radical (unpaired) electrons. The molecule has 2 nitrogen and oxygen atoms in total. The van der Waals surface area contributed by atoms with Crippen LogP contribution in [-0.4, -0.2) is 21.1 Å². The predicted octanol–water partition coefficient (Wildman–Crippen LogP) is -0.366. The molecule has 0 saturated carbocycles. The van der Waals surface area contributed by atoms with E-state index in [-0.39, 0.29) is 24.0 Å². The Balaban J connectivity index is 0.000000980. The van der Waals surface area contributed by atoms with Gasteiger partial charge in [-0.15, -0.1) is 0 Å². The van der Waals surface area contributed by atoms with E-state index in [9.17, 15) is 0 Å². The number of rotatable bonds is 1. The Kier molecular flexibility index (Phi) is 3.21. The van der Waals surface area contributed by atoms with E-state index in [0.29, 0.717) is 0 Å². The second-order valence-corrected chi connectivity index (χ2v) is 4.13. The van der Waals surface area contributed by atoms with Crippen molar-refractivity contribution in [2.24, 2.45) is 0 Å². The van der Waals surface area contributed by atoms with E-state index in [1.54, 1.807) is 0 Å². The fraction of sp³-hybridized carbons (Fsp3) is 0.273. The molecule has 0 aliphatic carbocycles. The van der Waals surface area contributed by atoms with Gasteiger partial charge in [-0.3, -0.25) is 4.48 Å². The molecule has 3 heteroatoms. The van der Waals surface area contributed by atoms with E-state index in [1.807, 2.05) is 24.5 Å². The minimum absolute atomic E-state index is 0. The predicted molar refractivity (Wildman–Crippen MR) is 55.8 cm³/mol. The first-order chi connectivity index (χ1) is 6.09. The molecule has 0 aliphatic heterocycles. The van der Waals surface area contributed by atoms with Crippen molar-refractivity contribution < 1.29 is 28.4 Å². The first-order valence-electron chi connectivity index (χ1n) is 4.37. The van der Waals surface area contributed by atoms with E-state index in [4.69, 9.17) is 4.42 Å². The second-order valence-electron chi connectivity index (χ2n) is 4.13. The summed E-state index contributed by atoms with van der Waals surface area (Å²) in [7, 11) is 6.41. The Morgan fingerprint density at radius 3 is 2.36 bits per heavy atom. The smallest absolute Gasteiger partial charge is 0.178 e. The second kappa shape index (κ2) is 3.90. The van der Waals surface area contributed by atoms with Gasteiger partial charge in [-0.05, 0) is 12.1 Å². The molecule has 2 rings (SSSR count). The molecule has 0 N–H and O–H groups in total. The number of hydrogen-bond acceptors (Lipinski definition) is 1. The third kappa shape index (κ3) is 1.93. The van der Waals surface area contributed by atoms with Crippen molar-refractivity contribution in [2.45, 2.75) is 0 Å². The highest BCUT2D eigenvalue weighted by Crippen LogP contribution is 2.29. The third-order valence-electron chi connectivity index (χ3n) is 2.18. The molecule has 0 aliphatic rings. The summed E-state index contributed by atoms with van der Waals surface area (Å²) < 4.78 is 6.25. The molecular formula is C11H14INO. The Morgan fingerprint density at radius 1 is 1.07 bits per heavy atom. The van der Waals surface area contributed by atoms with E-state index in [1.165, 1.54) is 11.1 Å². The lowest BCUT2D eigenvalue weighted by Gasteiger charge is -2.21. The maximum atomic E-state index is 5.46. The van der Waals surface area contributed by atoms with Crippen molar-refractivity contribution in [3.63, 3.8) is 0 Å². The van der Waals surface area contributed by atoms with Gasteiger partial charge in [0.1, 0.15) is 5.58 Å². The lowest BCUT2D eigenvalue weighted by atomic mass is 10.2. The molecule has 1 aromatic heterocycles. The van der Waals surface area contributed by atoms with E-state index < -0.39 is 0 Å². The van der Waals surface area contributed by atoms with Gasteiger partial charge in [-0.1, -0.05) is 12.1 Å². The number of halogens is 1. The van der Waals surface area contributed by atoms with Crippen LogP contribution in [0.15, 0.2) is 34.9 Å². The van der Waals surface area contributed by atoms with Gasteiger partial charge < -0.3 is 28.4 Å². The first-order valence-corrected chi connectivity index (χ1v) is 4.37. The van der Waals surface area contributed by atoms with Gasteiger partial charge in [0.15, 0.2) is 12.0 Å². The molecule has 0 spiro atoms. The minimum Gasteiger partial charge on any atom is -1.00 e. The third-order valence-corrected chi connectivity index (χ3v) is 2.18. The van der Waals surface area contributed by atoms with Crippen LogP contribution in [0.5, 0.6) is 0 Å². The number of benzene rings is 1. The Bertz CT molecular complexity index is 428. The maximum Gasteiger partial charge on any atom is 0.178 e. The van der Waals surface area contributed by atoms with Crippen LogP contribution < -0.4 is 28.5 Å². The summed E-state index contributed by atoms with van der Waals surface area (Å²) in [6.07, 6.45) is 1.84. The van der Waals surface area contributed by atoms with Crippen molar-refractivity contribution >= 4 is 16.7 Å². The Morgan fingerprint density at radius 2 is 1.71 bits per heavy atom. The minimum atomic E-state index is 0. The van der Waals surface area contributed by atoms with Crippen molar-refractivity contribution in [1.29, 1.82) is 0 Å². The molecule has 0 saturated heterocycles. The Labute approximate surface area is 101 Å². The highest BCUT2D eigenvalue weighted by molar-refractivity contribution is 5.89. The largest absolute Gasteiger partial charge is 1.00 e. The van der Waals surface area contributed by atoms with Gasteiger partial charge in [0, 0.05) is 0 Å². The molecule has 0 unspecified atom stereocenters. The lowest BCUT2D eigenvalue weighted by molar-refractivity contribution is -0.00000335. The summed E-state index contributed by atoms with van der Waals surface area (Å²) in [5.74, 6) is 0. The summed E-state index contributed by atoms with van der Waals surface area (Å²) in [4.78, 5) is 0. The summed E-state index contributed by atoms with van der Waals surface area (Å²) in [6, 6.07) is 8.12. The first kappa shape index (κ1) is 11.5. The maximum absolute atomic E-state index is 5.46. The monoisotopic (exact) mass is 303 g/mol. The zero-order valence-corrected chi connectivity index (χ0v) is 10.8. The molecule has 14 heavy (non-hydrogen) atoms. The van der Waals surface area contributed by atoms with E-state index >= 15 is 0 Å². The number of fused-ring (bicyclic) bond motifs is 1. The van der Waals surface area contributed by atoms with Crippen LogP contribution in [-0.2, 0) is 0 Å². The highest BCUT2D eigenvalue weighted by atomic mass is 127. The normalized spacial score (nSPS) is 11.4.